The van der Waals surface area contributed by atoms with E-state index in [0.29, 0.717) is 19.8 Å². The molecule has 1 aromatic rings. The van der Waals surface area contributed by atoms with E-state index in [-0.39, 0.29) is 11.7 Å². The van der Waals surface area contributed by atoms with Crippen molar-refractivity contribution in [2.24, 2.45) is 11.1 Å². The molecule has 1 aliphatic rings. The Morgan fingerprint density at radius 1 is 1.24 bits per heavy atom. The van der Waals surface area contributed by atoms with E-state index in [1.165, 1.54) is 0 Å². The summed E-state index contributed by atoms with van der Waals surface area (Å²) in [7, 11) is -3.14. The molecule has 5 heteroatoms. The van der Waals surface area contributed by atoms with Gasteiger partial charge in [0.15, 0.2) is 9.84 Å². The van der Waals surface area contributed by atoms with Crippen LogP contribution in [0.15, 0.2) is 24.3 Å². The number of ether oxygens (including phenoxy) is 1. The van der Waals surface area contributed by atoms with Crippen LogP contribution in [0.3, 0.4) is 0 Å². The van der Waals surface area contributed by atoms with Crippen LogP contribution < -0.4 is 5.73 Å². The topological polar surface area (TPSA) is 69.4 Å². The molecule has 0 radical (unpaired) electrons. The van der Waals surface area contributed by atoms with Crippen LogP contribution in [0, 0.1) is 12.3 Å². The summed E-state index contributed by atoms with van der Waals surface area (Å²) in [5, 5.41) is -0.422. The third-order valence-corrected chi connectivity index (χ3v) is 6.88. The van der Waals surface area contributed by atoms with Gasteiger partial charge in [-0.25, -0.2) is 8.42 Å². The van der Waals surface area contributed by atoms with Crippen molar-refractivity contribution < 1.29 is 13.2 Å². The average Bonchev–Trinajstić information content (AvgIpc) is 3.16. The van der Waals surface area contributed by atoms with Gasteiger partial charge in [-0.15, -0.1) is 0 Å². The van der Waals surface area contributed by atoms with E-state index in [4.69, 9.17) is 10.5 Å². The zero-order valence-electron chi connectivity index (χ0n) is 13.0. The minimum absolute atomic E-state index is 0.0559. The Morgan fingerprint density at radius 2 is 1.86 bits per heavy atom. The lowest BCUT2D eigenvalue weighted by Gasteiger charge is -2.15. The highest BCUT2D eigenvalue weighted by atomic mass is 32.2. The molecular formula is C16H25NO3S. The van der Waals surface area contributed by atoms with E-state index >= 15 is 0 Å². The number of rotatable bonds is 7. The number of hydrogen-bond donors (Lipinski definition) is 1. The van der Waals surface area contributed by atoms with Crippen molar-refractivity contribution in [2.75, 3.05) is 25.5 Å². The molecule has 0 spiro atoms. The fourth-order valence-electron chi connectivity index (χ4n) is 3.24. The van der Waals surface area contributed by atoms with Crippen LogP contribution in [0.2, 0.25) is 0 Å². The molecule has 21 heavy (non-hydrogen) atoms. The van der Waals surface area contributed by atoms with Crippen LogP contribution in [0.25, 0.3) is 0 Å². The van der Waals surface area contributed by atoms with E-state index in [0.717, 1.165) is 11.1 Å². The van der Waals surface area contributed by atoms with Gasteiger partial charge in [0.2, 0.25) is 0 Å². The summed E-state index contributed by atoms with van der Waals surface area (Å²) in [6.07, 6.45) is 0. The summed E-state index contributed by atoms with van der Waals surface area (Å²) < 4.78 is 30.4. The first-order valence-corrected chi connectivity index (χ1v) is 9.20. The Morgan fingerprint density at radius 3 is 2.33 bits per heavy atom. The van der Waals surface area contributed by atoms with Crippen molar-refractivity contribution in [2.45, 2.75) is 31.9 Å². The van der Waals surface area contributed by atoms with Crippen LogP contribution in [-0.4, -0.2) is 39.2 Å². The highest BCUT2D eigenvalue weighted by Gasteiger charge is 2.69. The van der Waals surface area contributed by atoms with Gasteiger partial charge in [-0.2, -0.15) is 0 Å². The Bertz CT molecular complexity index is 582. The smallest absolute Gasteiger partial charge is 0.154 e. The predicted octanol–water partition coefficient (Wildman–Crippen LogP) is 1.88. The van der Waals surface area contributed by atoms with Gasteiger partial charge in [0, 0.05) is 30.2 Å². The number of sulfone groups is 1. The Hall–Kier alpha value is -0.910. The summed E-state index contributed by atoms with van der Waals surface area (Å²) in [5.41, 5.74) is 7.71. The molecule has 3 atom stereocenters. The summed E-state index contributed by atoms with van der Waals surface area (Å²) in [4.78, 5) is 0. The van der Waals surface area contributed by atoms with Crippen molar-refractivity contribution in [1.82, 2.24) is 0 Å². The van der Waals surface area contributed by atoms with Gasteiger partial charge >= 0.3 is 0 Å². The summed E-state index contributed by atoms with van der Waals surface area (Å²) in [6, 6.07) is 8.07. The highest BCUT2D eigenvalue weighted by molar-refractivity contribution is 7.92. The summed E-state index contributed by atoms with van der Waals surface area (Å²) in [6.45, 7) is 6.94. The number of hydrogen-bond acceptors (Lipinski definition) is 4. The SMILES string of the molecule is CCOC[C@@]1(CN)[C@@H](c2ccc(C)cc2)[C@@H]1S(=O)(=O)CC. The lowest BCUT2D eigenvalue weighted by atomic mass is 9.99. The molecule has 0 amide bonds. The quantitative estimate of drug-likeness (QED) is 0.834. The molecule has 0 heterocycles. The molecule has 1 aromatic carbocycles. The third kappa shape index (κ3) is 2.87. The first-order valence-electron chi connectivity index (χ1n) is 7.49. The zero-order chi connectivity index (χ0) is 15.7. The minimum atomic E-state index is -3.14. The number of nitrogens with two attached hydrogens (primary N) is 1. The molecule has 2 rings (SSSR count). The average molecular weight is 311 g/mol. The molecular weight excluding hydrogens is 286 g/mol. The fraction of sp³-hybridized carbons (Fsp3) is 0.625. The summed E-state index contributed by atoms with van der Waals surface area (Å²) in [5.74, 6) is 0.0908. The molecule has 0 bridgehead atoms. The molecule has 0 aromatic heterocycles. The highest BCUT2D eigenvalue weighted by Crippen LogP contribution is 2.62. The van der Waals surface area contributed by atoms with E-state index in [1.807, 2.05) is 38.1 Å². The lowest BCUT2D eigenvalue weighted by Crippen LogP contribution is -2.29. The maximum atomic E-state index is 12.4. The van der Waals surface area contributed by atoms with Gasteiger partial charge < -0.3 is 10.5 Å². The molecule has 0 aliphatic heterocycles. The molecule has 1 aliphatic carbocycles. The van der Waals surface area contributed by atoms with Crippen molar-refractivity contribution in [3.05, 3.63) is 35.4 Å². The maximum Gasteiger partial charge on any atom is 0.154 e. The van der Waals surface area contributed by atoms with Gasteiger partial charge in [0.1, 0.15) is 0 Å². The number of aryl methyl sites for hydroxylation is 1. The number of benzene rings is 1. The van der Waals surface area contributed by atoms with Crippen molar-refractivity contribution in [3.8, 4) is 0 Å². The van der Waals surface area contributed by atoms with Gasteiger partial charge in [-0.1, -0.05) is 36.8 Å². The van der Waals surface area contributed by atoms with Crippen LogP contribution in [0.5, 0.6) is 0 Å². The van der Waals surface area contributed by atoms with Crippen molar-refractivity contribution in [3.63, 3.8) is 0 Å². The van der Waals surface area contributed by atoms with Crippen LogP contribution >= 0.6 is 0 Å². The van der Waals surface area contributed by atoms with Gasteiger partial charge in [-0.3, -0.25) is 0 Å². The van der Waals surface area contributed by atoms with Crippen LogP contribution in [0.1, 0.15) is 30.9 Å². The molecule has 2 N–H and O–H groups in total. The fourth-order valence-corrected chi connectivity index (χ4v) is 5.39. The standard InChI is InChI=1S/C16H25NO3S/c1-4-20-11-16(10-17)14(15(16)21(18,19)5-2)13-8-6-12(3)7-9-13/h6-9,14-15H,4-5,10-11,17H2,1-3H3/t14-,15-,16-/m0/s1. The molecule has 1 saturated carbocycles. The second-order valence-corrected chi connectivity index (χ2v) is 8.25. The van der Waals surface area contributed by atoms with Crippen molar-refractivity contribution in [1.29, 1.82) is 0 Å². The first kappa shape index (κ1) is 16.5. The second-order valence-electron chi connectivity index (χ2n) is 5.83. The normalized spacial score (nSPS) is 28.6. The molecule has 1 fully saturated rings. The predicted molar refractivity (Wildman–Crippen MR) is 85.1 cm³/mol. The van der Waals surface area contributed by atoms with E-state index in [2.05, 4.69) is 0 Å². The largest absolute Gasteiger partial charge is 0.381 e. The first-order chi connectivity index (χ1) is 9.93. The van der Waals surface area contributed by atoms with Crippen LogP contribution in [0.4, 0.5) is 0 Å². The molecule has 4 nitrogen and oxygen atoms in total. The van der Waals surface area contributed by atoms with E-state index < -0.39 is 20.5 Å². The molecule has 0 unspecified atom stereocenters. The minimum Gasteiger partial charge on any atom is -0.381 e. The van der Waals surface area contributed by atoms with Crippen LogP contribution in [-0.2, 0) is 14.6 Å². The molecule has 118 valence electrons. The Labute approximate surface area is 127 Å². The molecule has 0 saturated heterocycles. The third-order valence-electron chi connectivity index (χ3n) is 4.56. The van der Waals surface area contributed by atoms with Gasteiger partial charge in [0.05, 0.1) is 11.9 Å². The monoisotopic (exact) mass is 311 g/mol. The lowest BCUT2D eigenvalue weighted by molar-refractivity contribution is 0.101. The Kier molecular flexibility index (Phi) is 4.76. The zero-order valence-corrected chi connectivity index (χ0v) is 13.8. The van der Waals surface area contributed by atoms with Gasteiger partial charge in [0.25, 0.3) is 0 Å². The Balaban J connectivity index is 2.38. The second kappa shape index (κ2) is 6.07. The summed E-state index contributed by atoms with van der Waals surface area (Å²) >= 11 is 0. The van der Waals surface area contributed by atoms with E-state index in [9.17, 15) is 8.42 Å². The van der Waals surface area contributed by atoms with Gasteiger partial charge in [-0.05, 0) is 19.4 Å². The van der Waals surface area contributed by atoms with E-state index in [1.54, 1.807) is 6.92 Å². The van der Waals surface area contributed by atoms with Crippen molar-refractivity contribution >= 4 is 9.84 Å². The maximum absolute atomic E-state index is 12.4.